The Balaban J connectivity index is 1.40. The number of anilines is 2. The first kappa shape index (κ1) is 15.9. The van der Waals surface area contributed by atoms with Crippen molar-refractivity contribution in [3.8, 4) is 0 Å². The number of nitrogens with zero attached hydrogens (tertiary/aromatic N) is 3. The first-order valence-corrected chi connectivity index (χ1v) is 9.14. The van der Waals surface area contributed by atoms with Crippen molar-refractivity contribution < 1.29 is 4.79 Å². The van der Waals surface area contributed by atoms with E-state index in [0.717, 1.165) is 52.0 Å². The molecule has 1 amide bonds. The fourth-order valence-corrected chi connectivity index (χ4v) is 3.76. The molecule has 1 fully saturated rings. The van der Waals surface area contributed by atoms with Crippen LogP contribution in [0.5, 0.6) is 0 Å². The van der Waals surface area contributed by atoms with Gasteiger partial charge in [0.25, 0.3) is 5.91 Å². The molecule has 2 aromatic rings. The predicted octanol–water partition coefficient (Wildman–Crippen LogP) is 2.79. The zero-order valence-electron chi connectivity index (χ0n) is 14.4. The molecule has 0 unspecified atom stereocenters. The third-order valence-electron chi connectivity index (χ3n) is 5.09. The Labute approximate surface area is 148 Å². The zero-order valence-corrected chi connectivity index (χ0v) is 14.4. The molecule has 5 nitrogen and oxygen atoms in total. The van der Waals surface area contributed by atoms with Gasteiger partial charge in [0.05, 0.1) is 5.56 Å². The molecule has 0 bridgehead atoms. The summed E-state index contributed by atoms with van der Waals surface area (Å²) < 4.78 is 0. The lowest BCUT2D eigenvalue weighted by molar-refractivity contribution is 0.0793. The molecule has 1 N–H and O–H groups in total. The Kier molecular flexibility index (Phi) is 4.55. The van der Waals surface area contributed by atoms with Crippen molar-refractivity contribution in [3.63, 3.8) is 0 Å². The van der Waals surface area contributed by atoms with Crippen LogP contribution in [0.4, 0.5) is 11.5 Å². The average molecular weight is 336 g/mol. The lowest BCUT2D eigenvalue weighted by Gasteiger charge is -2.21. The molecule has 3 heterocycles. The van der Waals surface area contributed by atoms with Crippen LogP contribution in [-0.2, 0) is 6.42 Å². The molecule has 1 aromatic heterocycles. The lowest BCUT2D eigenvalue weighted by atomic mass is 10.2. The molecule has 0 aliphatic carbocycles. The van der Waals surface area contributed by atoms with Crippen molar-refractivity contribution in [3.05, 3.63) is 53.7 Å². The topological polar surface area (TPSA) is 48.5 Å². The predicted molar refractivity (Wildman–Crippen MR) is 100 cm³/mol. The number of amides is 1. The number of hydrogen-bond donors (Lipinski definition) is 1. The minimum atomic E-state index is 0.0969. The highest BCUT2D eigenvalue weighted by Crippen LogP contribution is 2.27. The van der Waals surface area contributed by atoms with Crippen molar-refractivity contribution in [1.29, 1.82) is 0 Å². The van der Waals surface area contributed by atoms with E-state index in [0.29, 0.717) is 11.4 Å². The minimum absolute atomic E-state index is 0.0969. The van der Waals surface area contributed by atoms with Crippen molar-refractivity contribution in [2.75, 3.05) is 42.9 Å². The van der Waals surface area contributed by atoms with Gasteiger partial charge >= 0.3 is 0 Å². The number of benzene rings is 1. The quantitative estimate of drug-likeness (QED) is 0.912. The second-order valence-electron chi connectivity index (χ2n) is 6.69. The number of rotatable bonds is 5. The zero-order chi connectivity index (χ0) is 17.1. The molecule has 5 heteroatoms. The molecule has 1 saturated heterocycles. The molecule has 1 aromatic carbocycles. The Bertz CT molecular complexity index is 755. The van der Waals surface area contributed by atoms with Gasteiger partial charge in [-0.2, -0.15) is 0 Å². The van der Waals surface area contributed by atoms with E-state index < -0.39 is 0 Å². The number of fused-ring (bicyclic) bond motifs is 1. The van der Waals surface area contributed by atoms with E-state index in [-0.39, 0.29) is 5.91 Å². The van der Waals surface area contributed by atoms with Crippen molar-refractivity contribution in [2.45, 2.75) is 19.3 Å². The highest BCUT2D eigenvalue weighted by atomic mass is 16.2. The second kappa shape index (κ2) is 7.13. The first-order chi connectivity index (χ1) is 12.3. The van der Waals surface area contributed by atoms with E-state index in [1.54, 1.807) is 6.20 Å². The maximum absolute atomic E-state index is 12.7. The van der Waals surface area contributed by atoms with E-state index in [1.165, 1.54) is 11.3 Å². The molecule has 130 valence electrons. The molecule has 25 heavy (non-hydrogen) atoms. The number of nitrogens with one attached hydrogen (secondary N) is 1. The van der Waals surface area contributed by atoms with Gasteiger partial charge in [0, 0.05) is 44.6 Å². The van der Waals surface area contributed by atoms with Gasteiger partial charge in [0.15, 0.2) is 0 Å². The summed E-state index contributed by atoms with van der Waals surface area (Å²) in [5.74, 6) is 0.798. The first-order valence-electron chi connectivity index (χ1n) is 9.14. The molecular weight excluding hydrogens is 312 g/mol. The van der Waals surface area contributed by atoms with Crippen molar-refractivity contribution in [1.82, 2.24) is 9.88 Å². The third-order valence-corrected chi connectivity index (χ3v) is 5.09. The Morgan fingerprint density at radius 3 is 2.80 bits per heavy atom. The summed E-state index contributed by atoms with van der Waals surface area (Å²) in [4.78, 5) is 21.4. The SMILES string of the molecule is O=C(c1cccnc1NCCN1CCc2ccccc21)N1CCCC1. The van der Waals surface area contributed by atoms with Crippen molar-refractivity contribution in [2.24, 2.45) is 0 Å². The van der Waals surface area contributed by atoms with Crippen molar-refractivity contribution >= 4 is 17.4 Å². The fourth-order valence-electron chi connectivity index (χ4n) is 3.76. The van der Waals surface area contributed by atoms with E-state index in [2.05, 4.69) is 39.5 Å². The number of aromatic nitrogens is 1. The fraction of sp³-hybridized carbons (Fsp3) is 0.400. The minimum Gasteiger partial charge on any atom is -0.369 e. The Hall–Kier alpha value is -2.56. The lowest BCUT2D eigenvalue weighted by Crippen LogP contribution is -2.30. The summed E-state index contributed by atoms with van der Waals surface area (Å²) in [6, 6.07) is 12.3. The second-order valence-corrected chi connectivity index (χ2v) is 6.69. The maximum Gasteiger partial charge on any atom is 0.257 e. The number of carbonyl (C=O) groups is 1. The van der Waals surface area contributed by atoms with Crippen LogP contribution in [0, 0.1) is 0 Å². The van der Waals surface area contributed by atoms with Crippen LogP contribution in [0.15, 0.2) is 42.6 Å². The average Bonchev–Trinajstić information content (AvgIpc) is 3.32. The molecule has 0 atom stereocenters. The molecule has 0 radical (unpaired) electrons. The highest BCUT2D eigenvalue weighted by Gasteiger charge is 2.22. The van der Waals surface area contributed by atoms with Gasteiger partial charge in [-0.3, -0.25) is 4.79 Å². The molecule has 0 saturated carbocycles. The van der Waals surface area contributed by atoms with Gasteiger partial charge in [-0.05, 0) is 43.0 Å². The number of carbonyl (C=O) groups excluding carboxylic acids is 1. The standard InChI is InChI=1S/C20H24N4O/c25-20(24-12-3-4-13-24)17-7-5-10-21-19(17)22-11-15-23-14-9-16-6-1-2-8-18(16)23/h1-2,5-8,10H,3-4,9,11-15H2,(H,21,22). The van der Waals surface area contributed by atoms with E-state index in [4.69, 9.17) is 0 Å². The number of pyridine rings is 1. The number of para-hydroxylation sites is 1. The van der Waals surface area contributed by atoms with Gasteiger partial charge in [-0.15, -0.1) is 0 Å². The number of likely N-dealkylation sites (tertiary alicyclic amines) is 1. The third kappa shape index (κ3) is 3.31. The number of hydrogen-bond acceptors (Lipinski definition) is 4. The van der Waals surface area contributed by atoms with Gasteiger partial charge in [0.2, 0.25) is 0 Å². The molecular formula is C20H24N4O. The van der Waals surface area contributed by atoms with Crippen LogP contribution in [0.1, 0.15) is 28.8 Å². The highest BCUT2D eigenvalue weighted by molar-refractivity contribution is 5.98. The van der Waals surface area contributed by atoms with Crippen LogP contribution in [0.3, 0.4) is 0 Å². The summed E-state index contributed by atoms with van der Waals surface area (Å²) in [6.45, 7) is 4.45. The Morgan fingerprint density at radius 2 is 1.92 bits per heavy atom. The van der Waals surface area contributed by atoms with Crippen LogP contribution in [-0.4, -0.2) is 48.5 Å². The Morgan fingerprint density at radius 1 is 1.08 bits per heavy atom. The summed E-state index contributed by atoms with van der Waals surface area (Å²) >= 11 is 0. The smallest absolute Gasteiger partial charge is 0.257 e. The molecule has 2 aliphatic rings. The molecule has 2 aliphatic heterocycles. The van der Waals surface area contributed by atoms with Gasteiger partial charge in [-0.1, -0.05) is 18.2 Å². The maximum atomic E-state index is 12.7. The summed E-state index contributed by atoms with van der Waals surface area (Å²) in [7, 11) is 0. The van der Waals surface area contributed by atoms with Crippen LogP contribution in [0.25, 0.3) is 0 Å². The van der Waals surface area contributed by atoms with Gasteiger partial charge in [0.1, 0.15) is 5.82 Å². The van der Waals surface area contributed by atoms with Crippen LogP contribution < -0.4 is 10.2 Å². The van der Waals surface area contributed by atoms with Gasteiger partial charge < -0.3 is 15.1 Å². The largest absolute Gasteiger partial charge is 0.369 e. The van der Waals surface area contributed by atoms with Crippen LogP contribution >= 0.6 is 0 Å². The summed E-state index contributed by atoms with van der Waals surface area (Å²) in [5.41, 5.74) is 3.44. The normalized spacial score (nSPS) is 16.2. The summed E-state index contributed by atoms with van der Waals surface area (Å²) in [6.07, 6.45) is 5.05. The molecule has 4 rings (SSSR count). The molecule has 0 spiro atoms. The van der Waals surface area contributed by atoms with E-state index in [9.17, 15) is 4.79 Å². The van der Waals surface area contributed by atoms with E-state index >= 15 is 0 Å². The monoisotopic (exact) mass is 336 g/mol. The van der Waals surface area contributed by atoms with E-state index in [1.807, 2.05) is 17.0 Å². The van der Waals surface area contributed by atoms with Gasteiger partial charge in [-0.25, -0.2) is 4.98 Å². The summed E-state index contributed by atoms with van der Waals surface area (Å²) in [5, 5.41) is 3.38. The van der Waals surface area contributed by atoms with Crippen LogP contribution in [0.2, 0.25) is 0 Å².